The Bertz CT molecular complexity index is 939. The van der Waals surface area contributed by atoms with Crippen molar-refractivity contribution in [3.05, 3.63) is 54.6 Å². The second kappa shape index (κ2) is 8.09. The highest BCUT2D eigenvalue weighted by molar-refractivity contribution is 8.00. The summed E-state index contributed by atoms with van der Waals surface area (Å²) in [5, 5.41) is 14.8. The molecule has 1 amide bonds. The van der Waals surface area contributed by atoms with E-state index in [0.717, 1.165) is 39.9 Å². The van der Waals surface area contributed by atoms with E-state index in [1.807, 2.05) is 49.4 Å². The number of amides is 1. The van der Waals surface area contributed by atoms with E-state index in [2.05, 4.69) is 27.6 Å². The minimum atomic E-state index is -0.203. The molecule has 4 nitrogen and oxygen atoms in total. The first kappa shape index (κ1) is 18.0. The highest BCUT2D eigenvalue weighted by atomic mass is 32.2. The standard InChI is InChI=1S/C22H23N3OS/c1-15(21(26)23-17-11-5-6-12-17)27-22-19-14-8-7-13-18(19)20(24-25-22)16-9-3-2-4-10-16/h2-4,7-10,13-15,17H,5-6,11-12H2,1H3,(H,23,26). The van der Waals surface area contributed by atoms with Crippen LogP contribution in [0.3, 0.4) is 0 Å². The molecule has 27 heavy (non-hydrogen) atoms. The third-order valence-corrected chi connectivity index (χ3v) is 6.15. The molecule has 0 spiro atoms. The Morgan fingerprint density at radius 1 is 1.00 bits per heavy atom. The van der Waals surface area contributed by atoms with E-state index < -0.39 is 0 Å². The zero-order chi connectivity index (χ0) is 18.6. The minimum Gasteiger partial charge on any atom is -0.352 e. The van der Waals surface area contributed by atoms with Crippen LogP contribution in [0.4, 0.5) is 0 Å². The van der Waals surface area contributed by atoms with Crippen LogP contribution in [-0.4, -0.2) is 27.4 Å². The monoisotopic (exact) mass is 377 g/mol. The van der Waals surface area contributed by atoms with Crippen molar-refractivity contribution in [2.24, 2.45) is 0 Å². The van der Waals surface area contributed by atoms with Gasteiger partial charge in [-0.3, -0.25) is 4.79 Å². The summed E-state index contributed by atoms with van der Waals surface area (Å²) in [4.78, 5) is 12.5. The van der Waals surface area contributed by atoms with Crippen molar-refractivity contribution in [3.8, 4) is 11.3 Å². The Hall–Kier alpha value is -2.40. The Labute approximate surface area is 163 Å². The molecule has 3 aromatic rings. The Kier molecular flexibility index (Phi) is 5.39. The maximum absolute atomic E-state index is 12.5. The van der Waals surface area contributed by atoms with Crippen molar-refractivity contribution >= 4 is 28.4 Å². The van der Waals surface area contributed by atoms with Gasteiger partial charge in [0.1, 0.15) is 10.7 Å². The van der Waals surface area contributed by atoms with Crippen LogP contribution in [0.25, 0.3) is 22.0 Å². The maximum atomic E-state index is 12.5. The molecule has 138 valence electrons. The second-order valence-electron chi connectivity index (χ2n) is 7.02. The fourth-order valence-corrected chi connectivity index (χ4v) is 4.49. The second-order valence-corrected chi connectivity index (χ2v) is 8.34. The van der Waals surface area contributed by atoms with Gasteiger partial charge < -0.3 is 5.32 Å². The number of aromatic nitrogens is 2. The lowest BCUT2D eigenvalue weighted by atomic mass is 10.1. The van der Waals surface area contributed by atoms with Crippen LogP contribution in [0.2, 0.25) is 0 Å². The number of rotatable bonds is 5. The number of thioether (sulfide) groups is 1. The van der Waals surface area contributed by atoms with Gasteiger partial charge in [0.25, 0.3) is 0 Å². The molecule has 0 bridgehead atoms. The first-order valence-corrected chi connectivity index (χ1v) is 10.4. The molecule has 1 aromatic heterocycles. The topological polar surface area (TPSA) is 54.9 Å². The molecular formula is C22H23N3OS. The third-order valence-electron chi connectivity index (χ3n) is 5.06. The number of fused-ring (bicyclic) bond motifs is 1. The largest absolute Gasteiger partial charge is 0.352 e. The molecule has 0 saturated heterocycles. The summed E-state index contributed by atoms with van der Waals surface area (Å²) >= 11 is 1.48. The molecule has 1 aliphatic carbocycles. The zero-order valence-electron chi connectivity index (χ0n) is 15.4. The number of hydrogen-bond acceptors (Lipinski definition) is 4. The third kappa shape index (κ3) is 3.98. The summed E-state index contributed by atoms with van der Waals surface area (Å²) in [6, 6.07) is 18.6. The van der Waals surface area contributed by atoms with E-state index >= 15 is 0 Å². The van der Waals surface area contributed by atoms with Crippen molar-refractivity contribution in [2.45, 2.75) is 48.9 Å². The summed E-state index contributed by atoms with van der Waals surface area (Å²) in [7, 11) is 0. The number of hydrogen-bond donors (Lipinski definition) is 1. The average Bonchev–Trinajstić information content (AvgIpc) is 3.22. The van der Waals surface area contributed by atoms with E-state index in [-0.39, 0.29) is 11.2 Å². The number of benzene rings is 2. The highest BCUT2D eigenvalue weighted by Crippen LogP contribution is 2.33. The van der Waals surface area contributed by atoms with Gasteiger partial charge in [-0.2, -0.15) is 0 Å². The number of nitrogens with zero attached hydrogens (tertiary/aromatic N) is 2. The van der Waals surface area contributed by atoms with Gasteiger partial charge in [0.2, 0.25) is 5.91 Å². The number of carbonyl (C=O) groups excluding carboxylic acids is 1. The maximum Gasteiger partial charge on any atom is 0.233 e. The van der Waals surface area contributed by atoms with Gasteiger partial charge in [0.15, 0.2) is 0 Å². The molecule has 1 unspecified atom stereocenters. The van der Waals surface area contributed by atoms with Crippen molar-refractivity contribution in [3.63, 3.8) is 0 Å². The summed E-state index contributed by atoms with van der Waals surface area (Å²) in [5.41, 5.74) is 1.92. The lowest BCUT2D eigenvalue weighted by Crippen LogP contribution is -2.37. The van der Waals surface area contributed by atoms with Gasteiger partial charge in [0.05, 0.1) is 5.25 Å². The predicted octanol–water partition coefficient (Wildman–Crippen LogP) is 4.84. The van der Waals surface area contributed by atoms with Crippen molar-refractivity contribution < 1.29 is 4.79 Å². The lowest BCUT2D eigenvalue weighted by Gasteiger charge is -2.17. The number of carbonyl (C=O) groups is 1. The van der Waals surface area contributed by atoms with Crippen LogP contribution >= 0.6 is 11.8 Å². The quantitative estimate of drug-likeness (QED) is 0.647. The van der Waals surface area contributed by atoms with Crippen LogP contribution in [0.15, 0.2) is 59.6 Å². The van der Waals surface area contributed by atoms with Crippen LogP contribution < -0.4 is 5.32 Å². The molecule has 1 N–H and O–H groups in total. The molecule has 1 atom stereocenters. The van der Waals surface area contributed by atoms with E-state index in [4.69, 9.17) is 0 Å². The van der Waals surface area contributed by atoms with Gasteiger partial charge >= 0.3 is 0 Å². The van der Waals surface area contributed by atoms with Gasteiger partial charge in [0, 0.05) is 22.4 Å². The smallest absolute Gasteiger partial charge is 0.233 e. The van der Waals surface area contributed by atoms with Crippen LogP contribution in [-0.2, 0) is 4.79 Å². The molecule has 2 aromatic carbocycles. The summed E-state index contributed by atoms with van der Waals surface area (Å²) in [6.07, 6.45) is 4.61. The molecule has 4 rings (SSSR count). The molecule has 0 aliphatic heterocycles. The van der Waals surface area contributed by atoms with Gasteiger partial charge in [-0.15, -0.1) is 10.2 Å². The van der Waals surface area contributed by atoms with Crippen molar-refractivity contribution in [1.29, 1.82) is 0 Å². The zero-order valence-corrected chi connectivity index (χ0v) is 16.2. The first-order chi connectivity index (χ1) is 13.2. The summed E-state index contributed by atoms with van der Waals surface area (Å²) < 4.78 is 0. The average molecular weight is 378 g/mol. The van der Waals surface area contributed by atoms with E-state index in [1.165, 1.54) is 24.6 Å². The van der Waals surface area contributed by atoms with Gasteiger partial charge in [-0.25, -0.2) is 0 Å². The predicted molar refractivity (Wildman–Crippen MR) is 111 cm³/mol. The molecule has 5 heteroatoms. The Morgan fingerprint density at radius 2 is 1.67 bits per heavy atom. The molecule has 0 radical (unpaired) electrons. The van der Waals surface area contributed by atoms with E-state index in [1.54, 1.807) is 0 Å². The molecule has 1 heterocycles. The van der Waals surface area contributed by atoms with E-state index in [9.17, 15) is 4.79 Å². The normalized spacial score (nSPS) is 15.7. The van der Waals surface area contributed by atoms with Crippen LogP contribution in [0.1, 0.15) is 32.6 Å². The number of nitrogens with one attached hydrogen (secondary N) is 1. The van der Waals surface area contributed by atoms with Gasteiger partial charge in [-0.05, 0) is 19.8 Å². The van der Waals surface area contributed by atoms with Crippen LogP contribution in [0.5, 0.6) is 0 Å². The summed E-state index contributed by atoms with van der Waals surface area (Å²) in [5.74, 6) is 0.0879. The van der Waals surface area contributed by atoms with Crippen LogP contribution in [0, 0.1) is 0 Å². The molecule has 1 aliphatic rings. The molecule has 1 fully saturated rings. The molecule has 1 saturated carbocycles. The fraction of sp³-hybridized carbons (Fsp3) is 0.318. The Morgan fingerprint density at radius 3 is 2.41 bits per heavy atom. The highest BCUT2D eigenvalue weighted by Gasteiger charge is 2.22. The summed E-state index contributed by atoms with van der Waals surface area (Å²) in [6.45, 7) is 1.94. The van der Waals surface area contributed by atoms with Crippen molar-refractivity contribution in [1.82, 2.24) is 15.5 Å². The Balaban J connectivity index is 1.60. The first-order valence-electron chi connectivity index (χ1n) is 9.50. The van der Waals surface area contributed by atoms with Gasteiger partial charge in [-0.1, -0.05) is 79.2 Å². The van der Waals surface area contributed by atoms with Crippen molar-refractivity contribution in [2.75, 3.05) is 0 Å². The lowest BCUT2D eigenvalue weighted by molar-refractivity contribution is -0.120. The minimum absolute atomic E-state index is 0.0879. The fourth-order valence-electron chi connectivity index (χ4n) is 3.59. The van der Waals surface area contributed by atoms with E-state index in [0.29, 0.717) is 6.04 Å². The SMILES string of the molecule is CC(Sc1nnc(-c2ccccc2)c2ccccc12)C(=O)NC1CCCC1. The molecular weight excluding hydrogens is 354 g/mol.